The fourth-order valence-electron chi connectivity index (χ4n) is 0.782. The van der Waals surface area contributed by atoms with Crippen molar-refractivity contribution < 1.29 is 44.1 Å². The minimum atomic E-state index is -4.80. The summed E-state index contributed by atoms with van der Waals surface area (Å²) < 4.78 is 14.1. The average Bonchev–Trinajstić information content (AvgIpc) is 2.21. The first-order chi connectivity index (χ1) is 7.19. The summed E-state index contributed by atoms with van der Waals surface area (Å²) in [6, 6.07) is 0. The Hall–Kier alpha value is -0.380. The Morgan fingerprint density at radius 3 is 2.00 bits per heavy atom. The van der Waals surface area contributed by atoms with E-state index in [-0.39, 0.29) is 6.29 Å². The molecular weight excluding hydrogens is 247 g/mol. The number of phosphoric ester groups is 1. The summed E-state index contributed by atoms with van der Waals surface area (Å²) in [7, 11) is -4.80. The molecule has 0 rings (SSSR count). The van der Waals surface area contributed by atoms with Crippen LogP contribution in [0.5, 0.6) is 0 Å². The number of hydrogen-bond donors (Lipinski definition) is 6. The number of phosphoric acid groups is 1. The second-order valence-electron chi connectivity index (χ2n) is 2.96. The molecule has 4 atom stereocenters. The van der Waals surface area contributed by atoms with Gasteiger partial charge in [0.25, 0.3) is 0 Å². The van der Waals surface area contributed by atoms with Gasteiger partial charge in [-0.1, -0.05) is 0 Å². The van der Waals surface area contributed by atoms with Crippen LogP contribution in [0.15, 0.2) is 0 Å². The molecule has 6 N–H and O–H groups in total. The van der Waals surface area contributed by atoms with Gasteiger partial charge in [-0.3, -0.25) is 4.52 Å². The minimum absolute atomic E-state index is 0.0650. The quantitative estimate of drug-likeness (QED) is 0.203. The van der Waals surface area contributed by atoms with Gasteiger partial charge in [0, 0.05) is 0 Å². The maximum Gasteiger partial charge on any atom is 0.469 e. The lowest BCUT2D eigenvalue weighted by molar-refractivity contribution is -0.136. The molecule has 0 amide bonds. The van der Waals surface area contributed by atoms with Crippen molar-refractivity contribution in [3.8, 4) is 0 Å². The number of carbonyl (C=O) groups is 1. The molecule has 0 aliphatic heterocycles. The zero-order valence-corrected chi connectivity index (χ0v) is 8.84. The highest BCUT2D eigenvalue weighted by atomic mass is 31.2. The van der Waals surface area contributed by atoms with Gasteiger partial charge in [0.1, 0.15) is 24.4 Å². The van der Waals surface area contributed by atoms with Crippen molar-refractivity contribution in [3.05, 3.63) is 0 Å². The van der Waals surface area contributed by atoms with Crippen LogP contribution in [-0.2, 0) is 13.9 Å². The van der Waals surface area contributed by atoms with Crippen LogP contribution in [0.25, 0.3) is 0 Å². The molecule has 96 valence electrons. The molecule has 9 nitrogen and oxygen atoms in total. The van der Waals surface area contributed by atoms with Gasteiger partial charge in [0.2, 0.25) is 0 Å². The first kappa shape index (κ1) is 15.6. The molecule has 10 heteroatoms. The highest BCUT2D eigenvalue weighted by Crippen LogP contribution is 2.35. The Balaban J connectivity index is 4.22. The van der Waals surface area contributed by atoms with Crippen molar-refractivity contribution in [3.63, 3.8) is 0 Å². The zero-order valence-electron chi connectivity index (χ0n) is 7.95. The SMILES string of the molecule is O=C[C@@H](O)[C@H](O)[C@@H](O)[C@H](O)COP(=O)(O)O. The normalized spacial score (nSPS) is 19.9. The molecule has 0 radical (unpaired) electrons. The monoisotopic (exact) mass is 260 g/mol. The second kappa shape index (κ2) is 6.38. The molecule has 0 spiro atoms. The number of carbonyl (C=O) groups excluding carboxylic acids is 1. The number of hydrogen-bond acceptors (Lipinski definition) is 7. The van der Waals surface area contributed by atoms with E-state index < -0.39 is 38.8 Å². The van der Waals surface area contributed by atoms with Crippen LogP contribution in [0.2, 0.25) is 0 Å². The Morgan fingerprint density at radius 2 is 1.62 bits per heavy atom. The summed E-state index contributed by atoms with van der Waals surface area (Å²) in [6.45, 7) is -0.964. The fraction of sp³-hybridized carbons (Fsp3) is 0.833. The molecule has 0 aromatic rings. The van der Waals surface area contributed by atoms with E-state index in [1.54, 1.807) is 0 Å². The molecular formula is C6H13O9P. The molecule has 16 heavy (non-hydrogen) atoms. The third kappa shape index (κ3) is 5.64. The molecule has 0 saturated heterocycles. The molecule has 0 bridgehead atoms. The molecule has 0 heterocycles. The standard InChI is InChI=1S/C6H13O9P/c7-1-3(8)5(10)6(11)4(9)2-15-16(12,13)14/h1,3-6,8-11H,2H2,(H2,12,13,14)/t3-,4-,5+,6+/m1/s1. The van der Waals surface area contributed by atoms with Gasteiger partial charge in [-0.25, -0.2) is 4.57 Å². The molecule has 0 aliphatic carbocycles. The Bertz CT molecular complexity index is 263. The summed E-state index contributed by atoms with van der Waals surface area (Å²) >= 11 is 0. The number of aliphatic hydroxyl groups excluding tert-OH is 4. The zero-order chi connectivity index (χ0) is 12.9. The number of aldehydes is 1. The van der Waals surface area contributed by atoms with Crippen molar-refractivity contribution in [1.82, 2.24) is 0 Å². The van der Waals surface area contributed by atoms with Gasteiger partial charge in [0.15, 0.2) is 6.29 Å². The van der Waals surface area contributed by atoms with E-state index in [1.165, 1.54) is 0 Å². The first-order valence-corrected chi connectivity index (χ1v) is 5.59. The van der Waals surface area contributed by atoms with E-state index in [1.807, 2.05) is 0 Å². The van der Waals surface area contributed by atoms with E-state index in [0.29, 0.717) is 0 Å². The van der Waals surface area contributed by atoms with E-state index in [0.717, 1.165) is 0 Å². The molecule has 0 fully saturated rings. The highest BCUT2D eigenvalue weighted by Gasteiger charge is 2.31. The van der Waals surface area contributed by atoms with Gasteiger partial charge in [-0.15, -0.1) is 0 Å². The Labute approximate surface area is 90.2 Å². The van der Waals surface area contributed by atoms with Gasteiger partial charge in [-0.05, 0) is 0 Å². The molecule has 0 aromatic carbocycles. The van der Waals surface area contributed by atoms with Crippen LogP contribution in [0.1, 0.15) is 0 Å². The minimum Gasteiger partial charge on any atom is -0.388 e. The van der Waals surface area contributed by atoms with E-state index in [2.05, 4.69) is 4.52 Å². The van der Waals surface area contributed by atoms with Gasteiger partial charge < -0.3 is 35.0 Å². The predicted molar refractivity (Wildman–Crippen MR) is 48.1 cm³/mol. The van der Waals surface area contributed by atoms with Crippen LogP contribution >= 0.6 is 7.82 Å². The van der Waals surface area contributed by atoms with Crippen LogP contribution < -0.4 is 0 Å². The van der Waals surface area contributed by atoms with Crippen molar-refractivity contribution in [2.45, 2.75) is 24.4 Å². The number of aliphatic hydroxyl groups is 4. The highest BCUT2D eigenvalue weighted by molar-refractivity contribution is 7.46. The summed E-state index contributed by atoms with van der Waals surface area (Å²) in [6.07, 6.45) is -7.80. The molecule has 0 saturated carbocycles. The topological polar surface area (TPSA) is 165 Å². The lowest BCUT2D eigenvalue weighted by Crippen LogP contribution is -2.46. The van der Waals surface area contributed by atoms with Gasteiger partial charge in [0.05, 0.1) is 6.61 Å². The van der Waals surface area contributed by atoms with E-state index in [9.17, 15) is 9.36 Å². The van der Waals surface area contributed by atoms with Crippen LogP contribution in [-0.4, -0.2) is 67.5 Å². The Kier molecular flexibility index (Phi) is 6.23. The van der Waals surface area contributed by atoms with Crippen molar-refractivity contribution in [2.24, 2.45) is 0 Å². The Morgan fingerprint density at radius 1 is 1.12 bits per heavy atom. The van der Waals surface area contributed by atoms with Crippen molar-refractivity contribution in [1.29, 1.82) is 0 Å². The van der Waals surface area contributed by atoms with Crippen LogP contribution in [0.3, 0.4) is 0 Å². The summed E-state index contributed by atoms with van der Waals surface area (Å²) in [5, 5.41) is 36.1. The van der Waals surface area contributed by atoms with E-state index in [4.69, 9.17) is 30.2 Å². The molecule has 0 aromatic heterocycles. The van der Waals surface area contributed by atoms with Gasteiger partial charge in [-0.2, -0.15) is 0 Å². The van der Waals surface area contributed by atoms with Crippen molar-refractivity contribution in [2.75, 3.05) is 6.61 Å². The third-order valence-corrected chi connectivity index (χ3v) is 2.13. The lowest BCUT2D eigenvalue weighted by Gasteiger charge is -2.23. The second-order valence-corrected chi connectivity index (χ2v) is 4.20. The largest absolute Gasteiger partial charge is 0.469 e. The number of rotatable bonds is 7. The summed E-state index contributed by atoms with van der Waals surface area (Å²) in [4.78, 5) is 26.6. The van der Waals surface area contributed by atoms with E-state index >= 15 is 0 Å². The molecule has 0 aliphatic rings. The maximum absolute atomic E-state index is 10.2. The first-order valence-electron chi connectivity index (χ1n) is 4.06. The summed E-state index contributed by atoms with van der Waals surface area (Å²) in [5.41, 5.74) is 0. The third-order valence-electron chi connectivity index (χ3n) is 1.65. The smallest absolute Gasteiger partial charge is 0.388 e. The average molecular weight is 260 g/mol. The van der Waals surface area contributed by atoms with Crippen LogP contribution in [0, 0.1) is 0 Å². The fourth-order valence-corrected chi connectivity index (χ4v) is 1.13. The van der Waals surface area contributed by atoms with Gasteiger partial charge >= 0.3 is 7.82 Å². The van der Waals surface area contributed by atoms with Crippen LogP contribution in [0.4, 0.5) is 0 Å². The lowest BCUT2D eigenvalue weighted by atomic mass is 10.0. The van der Waals surface area contributed by atoms with Crippen molar-refractivity contribution >= 4 is 14.1 Å². The maximum atomic E-state index is 10.2. The predicted octanol–water partition coefficient (Wildman–Crippen LogP) is -3.26. The molecule has 0 unspecified atom stereocenters. The summed E-state index contributed by atoms with van der Waals surface area (Å²) in [5.74, 6) is 0.